The first-order chi connectivity index (χ1) is 8.61. The fraction of sp³-hybridized carbons (Fsp3) is 0.273. The van der Waals surface area contributed by atoms with Crippen molar-refractivity contribution in [1.29, 1.82) is 0 Å². The molecular formula is C11H12ClN3O3. The number of halogens is 1. The average Bonchev–Trinajstić information content (AvgIpc) is 2.82. The van der Waals surface area contributed by atoms with Crippen LogP contribution >= 0.6 is 11.6 Å². The fourth-order valence-corrected chi connectivity index (χ4v) is 1.73. The zero-order chi connectivity index (χ0) is 13.1. The first kappa shape index (κ1) is 12.7. The number of aliphatic hydroxyl groups excluding tert-OH is 1. The number of nitrogens with one attached hydrogen (secondary N) is 2. The Morgan fingerprint density at radius 2 is 2.33 bits per heavy atom. The molecule has 1 aromatic heterocycles. The number of carbonyl (C=O) groups is 1. The Hall–Kier alpha value is -1.79. The molecule has 96 valence electrons. The summed E-state index contributed by atoms with van der Waals surface area (Å²) in [5, 5.41) is 28.5. The topological polar surface area (TPSA) is 98.2 Å². The number of nitrogens with zero attached hydrogens (tertiary/aromatic N) is 1. The third-order valence-corrected chi connectivity index (χ3v) is 2.86. The molecule has 1 aromatic carbocycles. The number of aromatic carboxylic acids is 1. The van der Waals surface area contributed by atoms with Gasteiger partial charge in [-0.25, -0.2) is 4.79 Å². The second-order valence-corrected chi connectivity index (χ2v) is 4.16. The molecule has 18 heavy (non-hydrogen) atoms. The number of carboxylic acids is 1. The van der Waals surface area contributed by atoms with E-state index < -0.39 is 12.1 Å². The van der Waals surface area contributed by atoms with Crippen LogP contribution in [0.4, 0.5) is 5.69 Å². The van der Waals surface area contributed by atoms with E-state index in [0.29, 0.717) is 16.6 Å². The first-order valence-corrected chi connectivity index (χ1v) is 5.83. The van der Waals surface area contributed by atoms with Crippen LogP contribution in [0.25, 0.3) is 10.9 Å². The molecule has 2 aromatic rings. The van der Waals surface area contributed by atoms with Crippen LogP contribution < -0.4 is 5.32 Å². The van der Waals surface area contributed by atoms with Crippen molar-refractivity contribution >= 4 is 34.2 Å². The van der Waals surface area contributed by atoms with Crippen LogP contribution in [0.2, 0.25) is 0 Å². The van der Waals surface area contributed by atoms with Crippen molar-refractivity contribution < 1.29 is 15.0 Å². The van der Waals surface area contributed by atoms with Gasteiger partial charge in [0.05, 0.1) is 29.3 Å². The van der Waals surface area contributed by atoms with Gasteiger partial charge in [-0.3, -0.25) is 5.10 Å². The molecule has 0 saturated carbocycles. The molecule has 0 radical (unpaired) electrons. The molecule has 0 aliphatic carbocycles. The van der Waals surface area contributed by atoms with Gasteiger partial charge in [-0.1, -0.05) is 0 Å². The van der Waals surface area contributed by atoms with Crippen molar-refractivity contribution in [3.63, 3.8) is 0 Å². The van der Waals surface area contributed by atoms with Crippen molar-refractivity contribution in [2.45, 2.75) is 6.10 Å². The molecule has 0 bridgehead atoms. The quantitative estimate of drug-likeness (QED) is 0.613. The molecule has 7 heteroatoms. The Morgan fingerprint density at radius 3 is 3.00 bits per heavy atom. The summed E-state index contributed by atoms with van der Waals surface area (Å²) in [6, 6.07) is 3.25. The molecule has 1 unspecified atom stereocenters. The van der Waals surface area contributed by atoms with Crippen LogP contribution in [-0.4, -0.2) is 44.9 Å². The molecule has 0 amide bonds. The number of rotatable bonds is 5. The van der Waals surface area contributed by atoms with Crippen LogP contribution in [0.3, 0.4) is 0 Å². The van der Waals surface area contributed by atoms with Gasteiger partial charge in [0.2, 0.25) is 0 Å². The zero-order valence-electron chi connectivity index (χ0n) is 9.35. The third kappa shape index (κ3) is 2.55. The summed E-state index contributed by atoms with van der Waals surface area (Å²) in [5.74, 6) is -0.919. The lowest BCUT2D eigenvalue weighted by atomic mass is 10.1. The van der Waals surface area contributed by atoms with E-state index in [2.05, 4.69) is 15.5 Å². The van der Waals surface area contributed by atoms with E-state index in [9.17, 15) is 9.90 Å². The van der Waals surface area contributed by atoms with E-state index >= 15 is 0 Å². The van der Waals surface area contributed by atoms with Gasteiger partial charge in [0, 0.05) is 17.6 Å². The highest BCUT2D eigenvalue weighted by Gasteiger charge is 2.12. The molecule has 0 spiro atoms. The van der Waals surface area contributed by atoms with E-state index in [4.69, 9.17) is 16.7 Å². The molecule has 0 aliphatic heterocycles. The highest BCUT2D eigenvalue weighted by molar-refractivity contribution is 6.18. The summed E-state index contributed by atoms with van der Waals surface area (Å²) in [6.45, 7) is 0.256. The Morgan fingerprint density at radius 1 is 1.56 bits per heavy atom. The number of aromatic amines is 1. The van der Waals surface area contributed by atoms with Gasteiger partial charge in [0.25, 0.3) is 0 Å². The van der Waals surface area contributed by atoms with Gasteiger partial charge < -0.3 is 15.5 Å². The number of fused-ring (bicyclic) bond motifs is 1. The number of hydrogen-bond donors (Lipinski definition) is 4. The summed E-state index contributed by atoms with van der Waals surface area (Å²) in [4.78, 5) is 11.1. The summed E-state index contributed by atoms with van der Waals surface area (Å²) >= 11 is 5.48. The largest absolute Gasteiger partial charge is 0.478 e. The average molecular weight is 270 g/mol. The van der Waals surface area contributed by atoms with Gasteiger partial charge in [0.1, 0.15) is 0 Å². The van der Waals surface area contributed by atoms with Gasteiger partial charge in [-0.05, 0) is 12.1 Å². The normalized spacial score (nSPS) is 12.6. The van der Waals surface area contributed by atoms with Crippen LogP contribution in [0.15, 0.2) is 18.3 Å². The Bertz CT molecular complexity index is 570. The molecule has 2 rings (SSSR count). The van der Waals surface area contributed by atoms with E-state index in [0.717, 1.165) is 0 Å². The number of aromatic nitrogens is 2. The van der Waals surface area contributed by atoms with Gasteiger partial charge in [0.15, 0.2) is 0 Å². The predicted molar refractivity (Wildman–Crippen MR) is 68.3 cm³/mol. The highest BCUT2D eigenvalue weighted by Crippen LogP contribution is 2.22. The number of alkyl halides is 1. The standard InChI is InChI=1S/C11H12ClN3O3/c12-3-8(16)5-13-7-1-6-4-14-15-10(6)9(2-7)11(17)18/h1-2,4,8,13,16H,3,5H2,(H,14,15)(H,17,18). The van der Waals surface area contributed by atoms with E-state index in [1.54, 1.807) is 12.3 Å². The van der Waals surface area contributed by atoms with Gasteiger partial charge in [-0.15, -0.1) is 11.6 Å². The highest BCUT2D eigenvalue weighted by atomic mass is 35.5. The van der Waals surface area contributed by atoms with Crippen molar-refractivity contribution in [1.82, 2.24) is 10.2 Å². The number of H-pyrrole nitrogens is 1. The predicted octanol–water partition coefficient (Wildman–Crippen LogP) is 1.27. The van der Waals surface area contributed by atoms with Crippen LogP contribution in [0.1, 0.15) is 10.4 Å². The Balaban J connectivity index is 2.31. The number of anilines is 1. The monoisotopic (exact) mass is 269 g/mol. The smallest absolute Gasteiger partial charge is 0.337 e. The minimum atomic E-state index is -1.04. The van der Waals surface area contributed by atoms with Crippen LogP contribution in [0, 0.1) is 0 Å². The third-order valence-electron chi connectivity index (χ3n) is 2.50. The summed E-state index contributed by atoms with van der Waals surface area (Å²) in [5.41, 5.74) is 1.21. The Kier molecular flexibility index (Phi) is 3.69. The number of aliphatic hydroxyl groups is 1. The second kappa shape index (κ2) is 5.24. The van der Waals surface area contributed by atoms with Gasteiger partial charge in [-0.2, -0.15) is 5.10 Å². The minimum Gasteiger partial charge on any atom is -0.478 e. The molecule has 0 fully saturated rings. The lowest BCUT2D eigenvalue weighted by Crippen LogP contribution is -2.20. The van der Waals surface area contributed by atoms with E-state index in [1.165, 1.54) is 6.07 Å². The Labute approximate surface area is 108 Å². The molecule has 0 saturated heterocycles. The maximum atomic E-state index is 11.1. The summed E-state index contributed by atoms with van der Waals surface area (Å²) in [7, 11) is 0. The number of benzene rings is 1. The SMILES string of the molecule is O=C(O)c1cc(NCC(O)CCl)cc2cn[nH]c12. The maximum absolute atomic E-state index is 11.1. The van der Waals surface area contributed by atoms with Crippen molar-refractivity contribution in [2.24, 2.45) is 0 Å². The van der Waals surface area contributed by atoms with Gasteiger partial charge >= 0.3 is 5.97 Å². The summed E-state index contributed by atoms with van der Waals surface area (Å²) < 4.78 is 0. The number of carboxylic acid groups (broad SMARTS) is 1. The van der Waals surface area contributed by atoms with Crippen LogP contribution in [-0.2, 0) is 0 Å². The summed E-state index contributed by atoms with van der Waals surface area (Å²) in [6.07, 6.45) is 0.866. The number of hydrogen-bond acceptors (Lipinski definition) is 4. The minimum absolute atomic E-state index is 0.118. The first-order valence-electron chi connectivity index (χ1n) is 5.30. The van der Waals surface area contributed by atoms with Crippen molar-refractivity contribution in [3.8, 4) is 0 Å². The van der Waals surface area contributed by atoms with Crippen molar-refractivity contribution in [2.75, 3.05) is 17.7 Å². The lowest BCUT2D eigenvalue weighted by Gasteiger charge is -2.10. The maximum Gasteiger partial charge on any atom is 0.337 e. The van der Waals surface area contributed by atoms with Crippen molar-refractivity contribution in [3.05, 3.63) is 23.9 Å². The molecule has 1 heterocycles. The molecule has 1 atom stereocenters. The van der Waals surface area contributed by atoms with Crippen LogP contribution in [0.5, 0.6) is 0 Å². The molecule has 6 nitrogen and oxygen atoms in total. The van der Waals surface area contributed by atoms with E-state index in [-0.39, 0.29) is 18.0 Å². The fourth-order valence-electron chi connectivity index (χ4n) is 1.62. The molecule has 0 aliphatic rings. The molecular weight excluding hydrogens is 258 g/mol. The zero-order valence-corrected chi connectivity index (χ0v) is 10.1. The lowest BCUT2D eigenvalue weighted by molar-refractivity contribution is 0.0699. The second-order valence-electron chi connectivity index (χ2n) is 3.85. The molecule has 4 N–H and O–H groups in total. The van der Waals surface area contributed by atoms with E-state index in [1.807, 2.05) is 0 Å².